The van der Waals surface area contributed by atoms with Gasteiger partial charge in [-0.3, -0.25) is 38.7 Å². The van der Waals surface area contributed by atoms with E-state index in [-0.39, 0.29) is 65.0 Å². The van der Waals surface area contributed by atoms with Crippen LogP contribution in [0, 0.1) is 0 Å². The molecular weight excluding hydrogens is 598 g/mol. The van der Waals surface area contributed by atoms with Crippen LogP contribution in [0.5, 0.6) is 0 Å². The number of hydrogen-bond donors (Lipinski definition) is 0. The lowest BCUT2D eigenvalue weighted by Gasteiger charge is -2.30. The van der Waals surface area contributed by atoms with Gasteiger partial charge in [-0.05, 0) is 96.9 Å². The van der Waals surface area contributed by atoms with Crippen LogP contribution in [0.2, 0.25) is 0 Å². The van der Waals surface area contributed by atoms with E-state index in [0.717, 1.165) is 0 Å². The van der Waals surface area contributed by atoms with Gasteiger partial charge in [-0.1, -0.05) is 0 Å². The van der Waals surface area contributed by atoms with Gasteiger partial charge in [0.1, 0.15) is 22.4 Å². The minimum absolute atomic E-state index is 0.0996. The monoisotopic (exact) mass is 659 g/mol. The summed E-state index contributed by atoms with van der Waals surface area (Å²) in [5.41, 5.74) is -2.86. The lowest BCUT2D eigenvalue weighted by atomic mass is 10.2. The first-order chi connectivity index (χ1) is 20.6. The first-order valence-electron chi connectivity index (χ1n) is 15.9. The van der Waals surface area contributed by atoms with E-state index in [0.29, 0.717) is 0 Å². The molecule has 0 N–H and O–H groups in total. The zero-order chi connectivity index (χ0) is 36.1. The van der Waals surface area contributed by atoms with Crippen LogP contribution in [-0.2, 0) is 47.7 Å². The summed E-state index contributed by atoms with van der Waals surface area (Å²) in [7, 11) is 0. The van der Waals surface area contributed by atoms with Crippen molar-refractivity contribution >= 4 is 29.8 Å². The third-order valence-corrected chi connectivity index (χ3v) is 5.28. The SMILES string of the molecule is CC(C)OC(=O)CN(CCN(CC(=O)OC(C)(C)C)CC(=O)OC(C)(C)C)CCN(CC(=O)OC(C)(C)C)CC(=O)OC(C)(C)C. The molecule has 0 aliphatic rings. The highest BCUT2D eigenvalue weighted by atomic mass is 16.6. The van der Waals surface area contributed by atoms with Gasteiger partial charge in [0.15, 0.2) is 0 Å². The molecule has 0 heterocycles. The fourth-order valence-corrected chi connectivity index (χ4v) is 3.97. The maximum absolute atomic E-state index is 12.7. The number of carbonyl (C=O) groups is 5. The Morgan fingerprint density at radius 1 is 0.413 bits per heavy atom. The second-order valence-corrected chi connectivity index (χ2v) is 15.6. The third kappa shape index (κ3) is 25.4. The van der Waals surface area contributed by atoms with Gasteiger partial charge in [0.25, 0.3) is 0 Å². The Bertz CT molecular complexity index is 873. The zero-order valence-electron chi connectivity index (χ0n) is 30.9. The molecule has 0 saturated carbocycles. The van der Waals surface area contributed by atoms with E-state index >= 15 is 0 Å². The Hall–Kier alpha value is -2.77. The second-order valence-electron chi connectivity index (χ2n) is 15.6. The van der Waals surface area contributed by atoms with Crippen molar-refractivity contribution < 1.29 is 47.7 Å². The van der Waals surface area contributed by atoms with E-state index in [1.807, 2.05) is 0 Å². The standard InChI is InChI=1S/C33H61N3O10/c1-24(2)42-25(37)19-34(15-17-35(20-26(38)43-30(3,4)5)21-27(39)44-31(6,7)8)16-18-36(22-28(40)45-32(9,10)11)23-29(41)46-33(12,13)14/h24H,15-23H2,1-14H3. The van der Waals surface area contributed by atoms with Crippen molar-refractivity contribution in [3.8, 4) is 0 Å². The molecule has 46 heavy (non-hydrogen) atoms. The average molecular weight is 660 g/mol. The topological polar surface area (TPSA) is 141 Å². The number of esters is 5. The molecular formula is C33H61N3O10. The Morgan fingerprint density at radius 2 is 0.630 bits per heavy atom. The van der Waals surface area contributed by atoms with Crippen LogP contribution in [-0.4, -0.2) is 132 Å². The number of hydrogen-bond acceptors (Lipinski definition) is 13. The fraction of sp³-hybridized carbons (Fsp3) is 0.848. The number of rotatable bonds is 17. The van der Waals surface area contributed by atoms with Crippen molar-refractivity contribution in [1.82, 2.24) is 14.7 Å². The molecule has 0 spiro atoms. The largest absolute Gasteiger partial charge is 0.462 e. The van der Waals surface area contributed by atoms with E-state index in [9.17, 15) is 24.0 Å². The van der Waals surface area contributed by atoms with Gasteiger partial charge in [-0.25, -0.2) is 0 Å². The summed E-state index contributed by atoms with van der Waals surface area (Å²) >= 11 is 0. The van der Waals surface area contributed by atoms with Gasteiger partial charge >= 0.3 is 29.8 Å². The summed E-state index contributed by atoms with van der Waals surface area (Å²) in [5, 5.41) is 0. The highest BCUT2D eigenvalue weighted by Crippen LogP contribution is 2.12. The van der Waals surface area contributed by atoms with Gasteiger partial charge < -0.3 is 23.7 Å². The van der Waals surface area contributed by atoms with Gasteiger partial charge in [-0.15, -0.1) is 0 Å². The number of carbonyl (C=O) groups excluding carboxylic acids is 5. The van der Waals surface area contributed by atoms with Gasteiger partial charge in [-0.2, -0.15) is 0 Å². The quantitative estimate of drug-likeness (QED) is 0.167. The Morgan fingerprint density at radius 3 is 0.848 bits per heavy atom. The van der Waals surface area contributed by atoms with Gasteiger partial charge in [0.2, 0.25) is 0 Å². The molecule has 0 unspecified atom stereocenters. The summed E-state index contributed by atoms with van der Waals surface area (Å²) < 4.78 is 27.3. The Labute approximate surface area is 276 Å². The first kappa shape index (κ1) is 43.2. The van der Waals surface area contributed by atoms with E-state index < -0.39 is 52.3 Å². The molecule has 13 heteroatoms. The predicted molar refractivity (Wildman–Crippen MR) is 174 cm³/mol. The third-order valence-electron chi connectivity index (χ3n) is 5.28. The zero-order valence-corrected chi connectivity index (χ0v) is 30.9. The molecule has 0 amide bonds. The molecule has 0 bridgehead atoms. The summed E-state index contributed by atoms with van der Waals surface area (Å²) in [5.74, 6) is -2.51. The molecule has 0 fully saturated rings. The smallest absolute Gasteiger partial charge is 0.320 e. The highest BCUT2D eigenvalue weighted by Gasteiger charge is 2.27. The van der Waals surface area contributed by atoms with Crippen LogP contribution in [0.15, 0.2) is 0 Å². The minimum Gasteiger partial charge on any atom is -0.462 e. The van der Waals surface area contributed by atoms with E-state index in [2.05, 4.69) is 0 Å². The van der Waals surface area contributed by atoms with Gasteiger partial charge in [0.05, 0.1) is 38.8 Å². The average Bonchev–Trinajstić information content (AvgIpc) is 2.74. The highest BCUT2D eigenvalue weighted by molar-refractivity contribution is 5.76. The van der Waals surface area contributed by atoms with Crippen LogP contribution >= 0.6 is 0 Å². The van der Waals surface area contributed by atoms with Crippen molar-refractivity contribution in [2.75, 3.05) is 58.9 Å². The molecule has 0 aromatic rings. The molecule has 0 aromatic carbocycles. The lowest BCUT2D eigenvalue weighted by Crippen LogP contribution is -2.47. The summed E-state index contributed by atoms with van der Waals surface area (Å²) in [6.07, 6.45) is -0.332. The molecule has 0 aliphatic heterocycles. The molecule has 0 aliphatic carbocycles. The summed E-state index contributed by atoms with van der Waals surface area (Å²) in [6, 6.07) is 0. The van der Waals surface area contributed by atoms with Crippen molar-refractivity contribution in [2.45, 2.75) is 125 Å². The van der Waals surface area contributed by atoms with Crippen LogP contribution < -0.4 is 0 Å². The Kier molecular flexibility index (Phi) is 17.4. The number of ether oxygens (including phenoxy) is 5. The normalized spacial score (nSPS) is 12.8. The summed E-state index contributed by atoms with van der Waals surface area (Å²) in [6.45, 7) is 24.6. The van der Waals surface area contributed by atoms with Crippen molar-refractivity contribution in [3.05, 3.63) is 0 Å². The second kappa shape index (κ2) is 18.5. The van der Waals surface area contributed by atoms with E-state index in [4.69, 9.17) is 23.7 Å². The van der Waals surface area contributed by atoms with E-state index in [1.54, 1.807) is 112 Å². The first-order valence-corrected chi connectivity index (χ1v) is 15.9. The van der Waals surface area contributed by atoms with Crippen molar-refractivity contribution in [2.24, 2.45) is 0 Å². The fourth-order valence-electron chi connectivity index (χ4n) is 3.97. The summed E-state index contributed by atoms with van der Waals surface area (Å²) in [4.78, 5) is 68.5. The van der Waals surface area contributed by atoms with Crippen molar-refractivity contribution in [1.29, 1.82) is 0 Å². The van der Waals surface area contributed by atoms with Crippen molar-refractivity contribution in [3.63, 3.8) is 0 Å². The molecule has 0 atom stereocenters. The maximum atomic E-state index is 12.7. The van der Waals surface area contributed by atoms with Crippen LogP contribution in [0.4, 0.5) is 0 Å². The molecule has 0 saturated heterocycles. The molecule has 0 radical (unpaired) electrons. The maximum Gasteiger partial charge on any atom is 0.320 e. The predicted octanol–water partition coefficient (Wildman–Crippen LogP) is 3.21. The Balaban J connectivity index is 5.99. The van der Waals surface area contributed by atoms with Crippen LogP contribution in [0.1, 0.15) is 96.9 Å². The molecule has 13 nitrogen and oxygen atoms in total. The van der Waals surface area contributed by atoms with Crippen LogP contribution in [0.3, 0.4) is 0 Å². The molecule has 0 aromatic heterocycles. The molecule has 0 rings (SSSR count). The van der Waals surface area contributed by atoms with Gasteiger partial charge in [0, 0.05) is 26.2 Å². The van der Waals surface area contributed by atoms with Crippen LogP contribution in [0.25, 0.3) is 0 Å². The minimum atomic E-state index is -0.715. The molecule has 268 valence electrons. The van der Waals surface area contributed by atoms with E-state index in [1.165, 1.54) is 0 Å². The number of nitrogens with zero attached hydrogens (tertiary/aromatic N) is 3. The lowest BCUT2D eigenvalue weighted by molar-refractivity contribution is -0.162.